The average Bonchev–Trinajstić information content (AvgIpc) is 3.00. The van der Waals surface area contributed by atoms with Gasteiger partial charge in [-0.1, -0.05) is 64.0 Å². The molecule has 0 unspecified atom stereocenters. The summed E-state index contributed by atoms with van der Waals surface area (Å²) in [7, 11) is 0. The Hall–Kier alpha value is -2.53. The Morgan fingerprint density at radius 1 is 0.600 bits per heavy atom. The van der Waals surface area contributed by atoms with Crippen molar-refractivity contribution < 1.29 is 14.3 Å². The zero-order chi connectivity index (χ0) is 28.6. The number of unbranched alkanes of at least 4 members (excludes halogenated alkanes) is 7. The molecule has 0 atom stereocenters. The molecular formula is C36H50GeO3. The Morgan fingerprint density at radius 3 is 1.65 bits per heavy atom. The van der Waals surface area contributed by atoms with Gasteiger partial charge in [-0.05, 0) is 18.6 Å². The Balaban J connectivity index is 1.45. The number of benzene rings is 3. The molecule has 0 heterocycles. The fraction of sp³-hybridized carbons (Fsp3) is 0.472. The second-order valence-corrected chi connectivity index (χ2v) is 22.7. The van der Waals surface area contributed by atoms with Crippen molar-refractivity contribution in [1.82, 2.24) is 0 Å². The Bertz CT molecular complexity index is 1110. The van der Waals surface area contributed by atoms with E-state index in [4.69, 9.17) is 9.47 Å². The fourth-order valence-electron chi connectivity index (χ4n) is 5.37. The molecule has 3 rings (SSSR count). The molecule has 0 radical (unpaired) electrons. The van der Waals surface area contributed by atoms with Crippen LogP contribution in [-0.4, -0.2) is 25.8 Å². The van der Waals surface area contributed by atoms with Crippen molar-refractivity contribution in [3.63, 3.8) is 0 Å². The smallest absolute Gasteiger partial charge is 0.0194 e. The molecular weight excluding hydrogens is 553 g/mol. The van der Waals surface area contributed by atoms with E-state index in [2.05, 4.69) is 52.0 Å². The van der Waals surface area contributed by atoms with Gasteiger partial charge in [0.25, 0.3) is 0 Å². The molecule has 0 bridgehead atoms. The molecule has 0 amide bonds. The summed E-state index contributed by atoms with van der Waals surface area (Å²) in [6, 6.07) is 24.0. The van der Waals surface area contributed by atoms with Gasteiger partial charge in [-0.25, -0.2) is 0 Å². The van der Waals surface area contributed by atoms with Crippen molar-refractivity contribution in [2.24, 2.45) is 0 Å². The molecule has 0 spiro atoms. The minimum Gasteiger partial charge on any atom is -0.0507 e. The fourth-order valence-corrected chi connectivity index (χ4v) is 12.4. The van der Waals surface area contributed by atoms with Gasteiger partial charge in [0.1, 0.15) is 5.75 Å². The summed E-state index contributed by atoms with van der Waals surface area (Å²) in [5, 5.41) is 5.32. The van der Waals surface area contributed by atoms with E-state index in [-0.39, 0.29) is 5.97 Å². The van der Waals surface area contributed by atoms with E-state index in [0.717, 1.165) is 29.9 Å². The normalized spacial score (nSPS) is 11.4. The maximum atomic E-state index is 12.8. The van der Waals surface area contributed by atoms with E-state index >= 15 is 0 Å². The topological polar surface area (TPSA) is 35.5 Å². The number of hydrogen-bond acceptors (Lipinski definition) is 3. The predicted molar refractivity (Wildman–Crippen MR) is 172 cm³/mol. The molecule has 4 heteroatoms. The van der Waals surface area contributed by atoms with Gasteiger partial charge in [0, 0.05) is 0 Å². The first kappa shape index (κ1) is 32.0. The SMILES string of the molecule is CCCCCCCCCCOc1ccc(-c2ccc(C(=O)Oc3ccc([CH2][Ge]([CH2]C)([CH2]C)[CH2]C)cc3)cc2)cc1. The van der Waals surface area contributed by atoms with Crippen LogP contribution in [0.15, 0.2) is 72.8 Å². The Morgan fingerprint density at radius 2 is 1.10 bits per heavy atom. The van der Waals surface area contributed by atoms with E-state index < -0.39 is 13.3 Å². The molecule has 3 aromatic carbocycles. The van der Waals surface area contributed by atoms with Gasteiger partial charge in [0.15, 0.2) is 0 Å². The van der Waals surface area contributed by atoms with E-state index in [1.54, 1.807) is 0 Å². The second kappa shape index (κ2) is 17.3. The van der Waals surface area contributed by atoms with Gasteiger partial charge in [-0.2, -0.15) is 0 Å². The first-order chi connectivity index (χ1) is 19.5. The van der Waals surface area contributed by atoms with Crippen molar-refractivity contribution in [2.75, 3.05) is 6.61 Å². The molecule has 3 aromatic rings. The molecule has 0 aliphatic heterocycles. The van der Waals surface area contributed by atoms with Crippen LogP contribution >= 0.6 is 0 Å². The van der Waals surface area contributed by atoms with Gasteiger partial charge >= 0.3 is 147 Å². The molecule has 0 saturated heterocycles. The molecule has 3 nitrogen and oxygen atoms in total. The number of rotatable bonds is 18. The van der Waals surface area contributed by atoms with Gasteiger partial charge in [-0.15, -0.1) is 0 Å². The summed E-state index contributed by atoms with van der Waals surface area (Å²) < 4.78 is 11.6. The van der Waals surface area contributed by atoms with Crippen molar-refractivity contribution in [2.45, 2.75) is 100 Å². The predicted octanol–water partition coefficient (Wildman–Crippen LogP) is 10.7. The van der Waals surface area contributed by atoms with Crippen LogP contribution in [0.1, 0.15) is 95.0 Å². The number of ether oxygens (including phenoxy) is 2. The summed E-state index contributed by atoms with van der Waals surface area (Å²) in [6.07, 6.45) is 10.4. The third-order valence-corrected chi connectivity index (χ3v) is 20.4. The first-order valence-corrected chi connectivity index (χ1v) is 21.6. The van der Waals surface area contributed by atoms with Crippen molar-refractivity contribution >= 4 is 19.2 Å². The molecule has 0 fully saturated rings. The van der Waals surface area contributed by atoms with Crippen LogP contribution in [-0.2, 0) is 5.25 Å². The number of carbonyl (C=O) groups is 1. The maximum absolute atomic E-state index is 12.8. The van der Waals surface area contributed by atoms with Crippen molar-refractivity contribution in [1.29, 1.82) is 0 Å². The van der Waals surface area contributed by atoms with E-state index in [9.17, 15) is 4.79 Å². The minimum atomic E-state index is -1.78. The van der Waals surface area contributed by atoms with Crippen LogP contribution in [0.4, 0.5) is 0 Å². The molecule has 0 N–H and O–H groups in total. The average molecular weight is 603 g/mol. The zero-order valence-corrected chi connectivity index (χ0v) is 27.4. The van der Waals surface area contributed by atoms with E-state index in [1.807, 2.05) is 48.5 Å². The number of hydrogen-bond donors (Lipinski definition) is 0. The van der Waals surface area contributed by atoms with Crippen LogP contribution < -0.4 is 9.47 Å². The second-order valence-electron chi connectivity index (χ2n) is 11.2. The first-order valence-electron chi connectivity index (χ1n) is 15.7. The Kier molecular flexibility index (Phi) is 13.9. The van der Waals surface area contributed by atoms with Crippen molar-refractivity contribution in [3.8, 4) is 22.6 Å². The third kappa shape index (κ3) is 10.1. The maximum Gasteiger partial charge on any atom is -0.0194 e. The van der Waals surface area contributed by atoms with E-state index in [1.165, 1.54) is 71.5 Å². The molecule has 40 heavy (non-hydrogen) atoms. The van der Waals surface area contributed by atoms with Crippen LogP contribution in [0.25, 0.3) is 11.1 Å². The minimum absolute atomic E-state index is 0.327. The summed E-state index contributed by atoms with van der Waals surface area (Å²) in [6.45, 7) is 10.1. The van der Waals surface area contributed by atoms with Gasteiger partial charge in [-0.3, -0.25) is 0 Å². The molecule has 0 aliphatic carbocycles. The van der Waals surface area contributed by atoms with E-state index in [0.29, 0.717) is 11.3 Å². The van der Waals surface area contributed by atoms with Crippen LogP contribution in [0.5, 0.6) is 11.5 Å². The van der Waals surface area contributed by atoms with Gasteiger partial charge < -0.3 is 4.74 Å². The van der Waals surface area contributed by atoms with Crippen LogP contribution in [0.3, 0.4) is 0 Å². The summed E-state index contributed by atoms with van der Waals surface area (Å²) in [5.41, 5.74) is 4.09. The quantitative estimate of drug-likeness (QED) is 0.0628. The Labute approximate surface area is 246 Å². The van der Waals surface area contributed by atoms with Crippen molar-refractivity contribution in [3.05, 3.63) is 83.9 Å². The summed E-state index contributed by atoms with van der Waals surface area (Å²) in [4.78, 5) is 12.8. The number of carbonyl (C=O) groups excluding carboxylic acids is 1. The summed E-state index contributed by atoms with van der Waals surface area (Å²) >= 11 is -1.78. The van der Waals surface area contributed by atoms with Gasteiger partial charge in [0.2, 0.25) is 0 Å². The third-order valence-electron chi connectivity index (χ3n) is 8.54. The number of esters is 1. The van der Waals surface area contributed by atoms with Crippen LogP contribution in [0, 0.1) is 0 Å². The summed E-state index contributed by atoms with van der Waals surface area (Å²) in [5.74, 6) is 1.18. The molecule has 0 aromatic heterocycles. The zero-order valence-electron chi connectivity index (χ0n) is 25.3. The molecule has 0 aliphatic rings. The monoisotopic (exact) mass is 604 g/mol. The standard InChI is InChI=1S/C36H50GeO3/c1-5-9-10-11-12-13-14-15-28-39-34-26-22-32(23-27-34)31-18-20-33(21-19-31)36(38)40-35-24-16-30(17-25-35)29-37(6-2,7-3)8-4/h16-27H,5-15,28-29H2,1-4H3. The largest absolute Gasteiger partial charge is 0.0507 e. The van der Waals surface area contributed by atoms with Crippen LogP contribution in [0.2, 0.25) is 15.8 Å². The van der Waals surface area contributed by atoms with Gasteiger partial charge in [0.05, 0.1) is 6.61 Å². The molecule has 216 valence electrons. The molecule has 0 saturated carbocycles.